The van der Waals surface area contributed by atoms with E-state index in [2.05, 4.69) is 38.2 Å². The van der Waals surface area contributed by atoms with Crippen LogP contribution in [0.5, 0.6) is 0 Å². The molecule has 0 spiro atoms. The quantitative estimate of drug-likeness (QED) is 0.0117. The Morgan fingerprint density at radius 1 is 0.583 bits per heavy atom. The van der Waals surface area contributed by atoms with E-state index in [9.17, 15) is 44.6 Å². The minimum absolute atomic E-state index is 0.0139. The number of hydrogen-bond donors (Lipinski definition) is 6. The molecule has 15 heteroatoms. The third kappa shape index (κ3) is 24.6. The molecular weight excluding hydrogens is 795 g/mol. The molecule has 0 aromatic heterocycles. The van der Waals surface area contributed by atoms with Gasteiger partial charge in [0.05, 0.1) is 18.8 Å². The van der Waals surface area contributed by atoms with Crippen molar-refractivity contribution in [3.8, 4) is 0 Å². The molecule has 1 aliphatic carbocycles. The van der Waals surface area contributed by atoms with E-state index in [4.69, 9.17) is 23.3 Å². The highest BCUT2D eigenvalue weighted by Crippen LogP contribution is 2.47. The second kappa shape index (κ2) is 32.7. The van der Waals surface area contributed by atoms with Crippen LogP contribution in [0.25, 0.3) is 0 Å². The third-order valence-electron chi connectivity index (χ3n) is 10.9. The van der Waals surface area contributed by atoms with Crippen molar-refractivity contribution < 1.29 is 67.8 Å². The van der Waals surface area contributed by atoms with Crippen molar-refractivity contribution in [2.75, 3.05) is 13.2 Å². The van der Waals surface area contributed by atoms with Gasteiger partial charge < -0.3 is 44.6 Å². The first-order valence-electron chi connectivity index (χ1n) is 22.9. The van der Waals surface area contributed by atoms with Gasteiger partial charge in [0.15, 0.2) is 6.10 Å². The smallest absolute Gasteiger partial charge is 0.462 e. The number of unbranched alkanes of at least 4 members (excludes halogenated alkanes) is 16. The van der Waals surface area contributed by atoms with Crippen LogP contribution in [0.1, 0.15) is 168 Å². The molecule has 2 rings (SSSR count). The lowest BCUT2D eigenvalue weighted by atomic mass is 9.85. The monoisotopic (exact) mass is 875 g/mol. The predicted octanol–water partition coefficient (Wildman–Crippen LogP) is 7.60. The average molecular weight is 875 g/mol. The van der Waals surface area contributed by atoms with Gasteiger partial charge in [0.25, 0.3) is 0 Å². The number of esters is 2. The van der Waals surface area contributed by atoms with Crippen LogP contribution < -0.4 is 0 Å². The summed E-state index contributed by atoms with van der Waals surface area (Å²) in [6.45, 7) is 3.21. The van der Waals surface area contributed by atoms with Gasteiger partial charge in [-0.1, -0.05) is 140 Å². The van der Waals surface area contributed by atoms with Crippen LogP contribution in [0, 0.1) is 0 Å². The summed E-state index contributed by atoms with van der Waals surface area (Å²) in [7, 11) is -5.14. The van der Waals surface area contributed by atoms with E-state index < -0.39 is 75.7 Å². The minimum atomic E-state index is -5.14. The molecule has 1 heterocycles. The fourth-order valence-electron chi connectivity index (χ4n) is 7.03. The number of aliphatic hydroxyl groups excluding tert-OH is 5. The van der Waals surface area contributed by atoms with Gasteiger partial charge in [-0.05, 0) is 51.4 Å². The van der Waals surface area contributed by atoms with Gasteiger partial charge in [-0.2, -0.15) is 0 Å². The Morgan fingerprint density at radius 2 is 1.05 bits per heavy atom. The van der Waals surface area contributed by atoms with E-state index in [0.29, 0.717) is 19.3 Å². The molecular formula is C45H79O14P. The fraction of sp³-hybridized carbons (Fsp3) is 0.822. The van der Waals surface area contributed by atoms with Crippen molar-refractivity contribution in [1.29, 1.82) is 0 Å². The van der Waals surface area contributed by atoms with Gasteiger partial charge >= 0.3 is 19.8 Å². The number of epoxide rings is 1. The molecule has 1 saturated carbocycles. The number of carbonyl (C=O) groups excluding carboxylic acids is 2. The first kappa shape index (κ1) is 54.2. The summed E-state index contributed by atoms with van der Waals surface area (Å²) in [5, 5.41) is 50.1. The van der Waals surface area contributed by atoms with Gasteiger partial charge in [0, 0.05) is 12.8 Å². The zero-order valence-electron chi connectivity index (χ0n) is 36.4. The maximum absolute atomic E-state index is 12.8. The molecule has 14 nitrogen and oxygen atoms in total. The van der Waals surface area contributed by atoms with Crippen molar-refractivity contribution in [2.45, 2.75) is 223 Å². The first-order chi connectivity index (χ1) is 28.9. The molecule has 0 radical (unpaired) electrons. The highest BCUT2D eigenvalue weighted by atomic mass is 31.2. The van der Waals surface area contributed by atoms with Crippen LogP contribution in [0.4, 0.5) is 0 Å². The third-order valence-corrected chi connectivity index (χ3v) is 11.9. The van der Waals surface area contributed by atoms with E-state index in [1.165, 1.54) is 77.0 Å². The zero-order chi connectivity index (χ0) is 44.0. The summed E-state index contributed by atoms with van der Waals surface area (Å²) in [4.78, 5) is 35.7. The molecule has 1 aliphatic heterocycles. The van der Waals surface area contributed by atoms with Gasteiger partial charge in [0.2, 0.25) is 0 Å². The van der Waals surface area contributed by atoms with E-state index >= 15 is 0 Å². The number of hydrogen-bond acceptors (Lipinski definition) is 13. The van der Waals surface area contributed by atoms with Crippen LogP contribution in [0.2, 0.25) is 0 Å². The SMILES string of the molecule is CCCCC/C=C\C/C=C\CC1OC1C/C=C\CCCC(=O)OC(COC(=O)CCCCCCCCCCCCCCC)COP(=O)(O)OC1C(O)C(O)C(O)C(O)C1O. The van der Waals surface area contributed by atoms with Gasteiger partial charge in [-0.3, -0.25) is 18.6 Å². The van der Waals surface area contributed by atoms with Crippen molar-refractivity contribution in [2.24, 2.45) is 0 Å². The predicted molar refractivity (Wildman–Crippen MR) is 230 cm³/mol. The average Bonchev–Trinajstić information content (AvgIpc) is 3.99. The van der Waals surface area contributed by atoms with E-state index in [1.807, 2.05) is 12.2 Å². The Bertz CT molecular complexity index is 1260. The summed E-state index contributed by atoms with van der Waals surface area (Å²) < 4.78 is 39.2. The molecule has 8 unspecified atom stereocenters. The number of phosphoric acid groups is 1. The highest BCUT2D eigenvalue weighted by Gasteiger charge is 2.51. The Morgan fingerprint density at radius 3 is 1.65 bits per heavy atom. The largest absolute Gasteiger partial charge is 0.472 e. The van der Waals surface area contributed by atoms with Crippen molar-refractivity contribution in [3.05, 3.63) is 36.5 Å². The second-order valence-electron chi connectivity index (χ2n) is 16.3. The minimum Gasteiger partial charge on any atom is -0.462 e. The molecule has 348 valence electrons. The Kier molecular flexibility index (Phi) is 29.5. The fourth-order valence-corrected chi connectivity index (χ4v) is 8.00. The molecule has 1 saturated heterocycles. The first-order valence-corrected chi connectivity index (χ1v) is 24.4. The number of carbonyl (C=O) groups is 2. The molecule has 2 aliphatic rings. The summed E-state index contributed by atoms with van der Waals surface area (Å²) in [5.41, 5.74) is 0. The highest BCUT2D eigenvalue weighted by molar-refractivity contribution is 7.47. The summed E-state index contributed by atoms with van der Waals surface area (Å²) in [6, 6.07) is 0. The number of allylic oxidation sites excluding steroid dienone is 4. The molecule has 0 aromatic carbocycles. The van der Waals surface area contributed by atoms with Crippen LogP contribution >= 0.6 is 7.82 Å². The number of aliphatic hydroxyl groups is 5. The van der Waals surface area contributed by atoms with Gasteiger partial charge in [-0.15, -0.1) is 0 Å². The lowest BCUT2D eigenvalue weighted by Crippen LogP contribution is -2.64. The van der Waals surface area contributed by atoms with Crippen molar-refractivity contribution >= 4 is 19.8 Å². The van der Waals surface area contributed by atoms with Crippen molar-refractivity contribution in [1.82, 2.24) is 0 Å². The molecule has 0 amide bonds. The second-order valence-corrected chi connectivity index (χ2v) is 17.7. The maximum atomic E-state index is 12.8. The normalized spacial score (nSPS) is 25.9. The van der Waals surface area contributed by atoms with E-state index in [-0.39, 0.29) is 25.0 Å². The van der Waals surface area contributed by atoms with Crippen molar-refractivity contribution in [3.63, 3.8) is 0 Å². The van der Waals surface area contributed by atoms with Crippen LogP contribution in [0.3, 0.4) is 0 Å². The standard InChI is InChI=1S/C45H79O14P/c1-3-5-7-9-11-13-14-15-16-18-20-22-27-31-38(46)55-33-35(34-56-60(53,54)59-45-43(51)41(49)40(48)42(50)44(45)52)57-39(47)32-28-24-23-26-30-37-36(58-37)29-25-21-19-17-12-10-8-6-4-2/h12,17,21,23,25-26,35-37,40-45,48-52H,3-11,13-16,18-20,22,24,27-34H2,1-2H3,(H,53,54)/b17-12-,25-21-,26-23-. The lowest BCUT2D eigenvalue weighted by Gasteiger charge is -2.41. The van der Waals surface area contributed by atoms with Gasteiger partial charge in [-0.25, -0.2) is 4.57 Å². The summed E-state index contributed by atoms with van der Waals surface area (Å²) >= 11 is 0. The van der Waals surface area contributed by atoms with Crippen LogP contribution in [-0.4, -0.2) is 111 Å². The summed E-state index contributed by atoms with van der Waals surface area (Å²) in [5.74, 6) is -1.17. The molecule has 2 fully saturated rings. The lowest BCUT2D eigenvalue weighted by molar-refractivity contribution is -0.220. The van der Waals surface area contributed by atoms with Crippen LogP contribution in [-0.2, 0) is 37.4 Å². The van der Waals surface area contributed by atoms with E-state index in [1.54, 1.807) is 0 Å². The molecule has 8 atom stereocenters. The Labute approximate surface area is 359 Å². The zero-order valence-corrected chi connectivity index (χ0v) is 37.3. The number of ether oxygens (including phenoxy) is 3. The summed E-state index contributed by atoms with van der Waals surface area (Å²) in [6.07, 6.45) is 23.7. The Hall–Kier alpha value is -1.97. The van der Waals surface area contributed by atoms with Crippen LogP contribution in [0.15, 0.2) is 36.5 Å². The number of rotatable bonds is 36. The maximum Gasteiger partial charge on any atom is 0.472 e. The topological polar surface area (TPSA) is 222 Å². The van der Waals surface area contributed by atoms with Gasteiger partial charge in [0.1, 0.15) is 43.2 Å². The molecule has 60 heavy (non-hydrogen) atoms. The number of phosphoric ester groups is 1. The molecule has 0 bridgehead atoms. The Balaban J connectivity index is 1.75. The van der Waals surface area contributed by atoms with E-state index in [0.717, 1.165) is 44.9 Å². The molecule has 0 aromatic rings. The molecule has 6 N–H and O–H groups in total.